The molecule has 0 bridgehead atoms. The van der Waals surface area contributed by atoms with E-state index in [1.807, 2.05) is 18.2 Å². The first-order valence-corrected chi connectivity index (χ1v) is 10.7. The van der Waals surface area contributed by atoms with Crippen LogP contribution in [0.2, 0.25) is 0 Å². The zero-order chi connectivity index (χ0) is 18.5. The molecule has 0 amide bonds. The van der Waals surface area contributed by atoms with Gasteiger partial charge in [0.1, 0.15) is 5.01 Å². The number of likely N-dealkylation sites (N-methyl/N-ethyl adjacent to an activating group) is 1. The average Bonchev–Trinajstić information content (AvgIpc) is 3.37. The lowest BCUT2D eigenvalue weighted by Crippen LogP contribution is -2.46. The van der Waals surface area contributed by atoms with E-state index in [4.69, 9.17) is 14.5 Å². The SMILES string of the molecule is CCN1CCN(CCCNCc2csc(-c3ccc4c(c3)OCO4)n2)CC1. The van der Waals surface area contributed by atoms with Crippen molar-refractivity contribution in [1.29, 1.82) is 0 Å². The number of benzene rings is 1. The van der Waals surface area contributed by atoms with Gasteiger partial charge in [-0.05, 0) is 44.3 Å². The number of fused-ring (bicyclic) bond motifs is 1. The number of hydrogen-bond acceptors (Lipinski definition) is 7. The van der Waals surface area contributed by atoms with Gasteiger partial charge in [0.2, 0.25) is 6.79 Å². The van der Waals surface area contributed by atoms with E-state index in [2.05, 4.69) is 27.4 Å². The van der Waals surface area contributed by atoms with Crippen molar-refractivity contribution in [2.75, 3.05) is 52.6 Å². The van der Waals surface area contributed by atoms with Gasteiger partial charge in [-0.25, -0.2) is 4.98 Å². The third-order valence-corrected chi connectivity index (χ3v) is 6.16. The summed E-state index contributed by atoms with van der Waals surface area (Å²) in [7, 11) is 0. The number of ether oxygens (including phenoxy) is 2. The van der Waals surface area contributed by atoms with Crippen molar-refractivity contribution < 1.29 is 9.47 Å². The smallest absolute Gasteiger partial charge is 0.231 e. The van der Waals surface area contributed by atoms with Crippen molar-refractivity contribution in [2.45, 2.75) is 19.9 Å². The molecule has 4 rings (SSSR count). The number of hydrogen-bond donors (Lipinski definition) is 1. The summed E-state index contributed by atoms with van der Waals surface area (Å²) < 4.78 is 10.8. The van der Waals surface area contributed by atoms with Crippen molar-refractivity contribution in [3.8, 4) is 22.1 Å². The van der Waals surface area contributed by atoms with E-state index in [1.54, 1.807) is 11.3 Å². The molecule has 2 aliphatic rings. The van der Waals surface area contributed by atoms with Crippen molar-refractivity contribution in [3.63, 3.8) is 0 Å². The molecule has 0 spiro atoms. The van der Waals surface area contributed by atoms with Gasteiger partial charge in [-0.2, -0.15) is 0 Å². The summed E-state index contributed by atoms with van der Waals surface area (Å²) in [4.78, 5) is 9.86. The fourth-order valence-corrected chi connectivity index (χ4v) is 4.34. The second kappa shape index (κ2) is 9.01. The van der Waals surface area contributed by atoms with Crippen molar-refractivity contribution in [3.05, 3.63) is 29.3 Å². The monoisotopic (exact) mass is 388 g/mol. The maximum Gasteiger partial charge on any atom is 0.231 e. The number of aromatic nitrogens is 1. The van der Waals surface area contributed by atoms with Gasteiger partial charge in [-0.1, -0.05) is 6.92 Å². The minimum Gasteiger partial charge on any atom is -0.454 e. The van der Waals surface area contributed by atoms with Gasteiger partial charge in [0, 0.05) is 43.7 Å². The molecule has 2 aliphatic heterocycles. The van der Waals surface area contributed by atoms with E-state index in [1.165, 1.54) is 45.7 Å². The standard InChI is InChI=1S/C20H28N4O2S/c1-2-23-8-10-24(11-9-23)7-3-6-21-13-17-14-27-20(22-17)16-4-5-18-19(12-16)26-15-25-18/h4-5,12,14,21H,2-3,6-11,13,15H2,1H3. The van der Waals surface area contributed by atoms with E-state index < -0.39 is 0 Å². The summed E-state index contributed by atoms with van der Waals surface area (Å²) in [5.74, 6) is 1.62. The first-order valence-electron chi connectivity index (χ1n) is 9.81. The number of thiazole rings is 1. The molecule has 146 valence electrons. The van der Waals surface area contributed by atoms with Crippen LogP contribution in [0.3, 0.4) is 0 Å². The molecule has 3 heterocycles. The van der Waals surface area contributed by atoms with E-state index in [-0.39, 0.29) is 0 Å². The maximum absolute atomic E-state index is 5.46. The Morgan fingerprint density at radius 1 is 1.11 bits per heavy atom. The lowest BCUT2D eigenvalue weighted by Gasteiger charge is -2.33. The van der Waals surface area contributed by atoms with E-state index in [0.717, 1.165) is 40.9 Å². The molecule has 1 N–H and O–H groups in total. The minimum absolute atomic E-state index is 0.306. The lowest BCUT2D eigenvalue weighted by molar-refractivity contribution is 0.136. The molecule has 6 nitrogen and oxygen atoms in total. The second-order valence-electron chi connectivity index (χ2n) is 7.02. The zero-order valence-corrected chi connectivity index (χ0v) is 16.8. The summed E-state index contributed by atoms with van der Waals surface area (Å²) in [6.07, 6.45) is 1.19. The molecule has 27 heavy (non-hydrogen) atoms. The Labute approximate surface area is 165 Å². The predicted molar refractivity (Wildman–Crippen MR) is 109 cm³/mol. The molecular weight excluding hydrogens is 360 g/mol. The molecule has 0 atom stereocenters. The summed E-state index contributed by atoms with van der Waals surface area (Å²) in [5, 5.41) is 6.69. The minimum atomic E-state index is 0.306. The van der Waals surface area contributed by atoms with Crippen LogP contribution >= 0.6 is 11.3 Å². The molecule has 0 saturated carbocycles. The first kappa shape index (κ1) is 18.7. The molecule has 1 aromatic heterocycles. The molecule has 1 fully saturated rings. The van der Waals surface area contributed by atoms with Crippen LogP contribution in [0, 0.1) is 0 Å². The number of rotatable bonds is 8. The molecule has 0 radical (unpaired) electrons. The van der Waals surface area contributed by atoms with Gasteiger partial charge in [0.05, 0.1) is 5.69 Å². The van der Waals surface area contributed by atoms with E-state index in [0.29, 0.717) is 6.79 Å². The quantitative estimate of drug-likeness (QED) is 0.702. The van der Waals surface area contributed by atoms with E-state index in [9.17, 15) is 0 Å². The summed E-state index contributed by atoms with van der Waals surface area (Å²) in [6.45, 7) is 11.6. The molecule has 1 saturated heterocycles. The van der Waals surface area contributed by atoms with Gasteiger partial charge >= 0.3 is 0 Å². The fourth-order valence-electron chi connectivity index (χ4n) is 3.52. The average molecular weight is 389 g/mol. The van der Waals surface area contributed by atoms with Gasteiger partial charge in [-0.15, -0.1) is 11.3 Å². The molecular formula is C20H28N4O2S. The number of nitrogens with zero attached hydrogens (tertiary/aromatic N) is 3. The van der Waals surface area contributed by atoms with Crippen LogP contribution in [-0.2, 0) is 6.54 Å². The van der Waals surface area contributed by atoms with Crippen LogP contribution in [0.15, 0.2) is 23.6 Å². The largest absolute Gasteiger partial charge is 0.454 e. The third kappa shape index (κ3) is 4.79. The van der Waals surface area contributed by atoms with Gasteiger partial charge in [-0.3, -0.25) is 0 Å². The highest BCUT2D eigenvalue weighted by Gasteiger charge is 2.16. The Balaban J connectivity index is 1.18. The van der Waals surface area contributed by atoms with Crippen LogP contribution in [-0.4, -0.2) is 67.4 Å². The predicted octanol–water partition coefficient (Wildman–Crippen LogP) is 2.66. The molecule has 0 aliphatic carbocycles. The van der Waals surface area contributed by atoms with Crippen LogP contribution in [0.25, 0.3) is 10.6 Å². The van der Waals surface area contributed by atoms with Crippen molar-refractivity contribution in [1.82, 2.24) is 20.1 Å². The number of piperazine rings is 1. The summed E-state index contributed by atoms with van der Waals surface area (Å²) in [5.41, 5.74) is 2.19. The third-order valence-electron chi connectivity index (χ3n) is 5.22. The van der Waals surface area contributed by atoms with Gasteiger partial charge in [0.15, 0.2) is 11.5 Å². The summed E-state index contributed by atoms with van der Waals surface area (Å²) in [6, 6.07) is 6.01. The highest BCUT2D eigenvalue weighted by atomic mass is 32.1. The summed E-state index contributed by atoms with van der Waals surface area (Å²) >= 11 is 1.68. The van der Waals surface area contributed by atoms with Crippen molar-refractivity contribution in [2.24, 2.45) is 0 Å². The van der Waals surface area contributed by atoms with Crippen LogP contribution in [0.1, 0.15) is 19.0 Å². The van der Waals surface area contributed by atoms with Crippen molar-refractivity contribution >= 4 is 11.3 Å². The van der Waals surface area contributed by atoms with Gasteiger partial charge in [0.25, 0.3) is 0 Å². The molecule has 0 unspecified atom stereocenters. The Morgan fingerprint density at radius 2 is 1.93 bits per heavy atom. The van der Waals surface area contributed by atoms with Gasteiger partial charge < -0.3 is 24.6 Å². The highest BCUT2D eigenvalue weighted by molar-refractivity contribution is 7.13. The topological polar surface area (TPSA) is 49.9 Å². The Kier molecular flexibility index (Phi) is 6.24. The molecule has 2 aromatic rings. The Bertz CT molecular complexity index is 743. The first-order chi connectivity index (χ1) is 13.3. The fraction of sp³-hybridized carbons (Fsp3) is 0.550. The highest BCUT2D eigenvalue weighted by Crippen LogP contribution is 2.36. The lowest BCUT2D eigenvalue weighted by atomic mass is 10.2. The van der Waals surface area contributed by atoms with E-state index >= 15 is 0 Å². The van der Waals surface area contributed by atoms with Crippen LogP contribution in [0.4, 0.5) is 0 Å². The molecule has 7 heteroatoms. The normalized spacial score (nSPS) is 17.5. The second-order valence-corrected chi connectivity index (χ2v) is 7.88. The Hall–Kier alpha value is -1.67. The zero-order valence-electron chi connectivity index (χ0n) is 15.9. The van der Waals surface area contributed by atoms with Crippen LogP contribution in [0.5, 0.6) is 11.5 Å². The maximum atomic E-state index is 5.46. The Morgan fingerprint density at radius 3 is 2.78 bits per heavy atom. The number of nitrogens with one attached hydrogen (secondary N) is 1. The molecule has 1 aromatic carbocycles. The van der Waals surface area contributed by atoms with Crippen LogP contribution < -0.4 is 14.8 Å².